The van der Waals surface area contributed by atoms with Gasteiger partial charge in [-0.05, 0) is 32.1 Å². The molecule has 1 atom stereocenters. The Labute approximate surface area is 159 Å². The molecule has 23 heavy (non-hydrogen) atoms. The summed E-state index contributed by atoms with van der Waals surface area (Å²) >= 11 is 0. The molecule has 5 nitrogen and oxygen atoms in total. The van der Waals surface area contributed by atoms with Crippen molar-refractivity contribution in [3.8, 4) is 0 Å². The van der Waals surface area contributed by atoms with Gasteiger partial charge in [0, 0.05) is 38.6 Å². The quantitative estimate of drug-likeness (QED) is 0.337. The lowest BCUT2D eigenvalue weighted by Gasteiger charge is -2.31. The second-order valence-corrected chi connectivity index (χ2v) is 7.68. The Hall–Kier alpha value is -0.0800. The smallest absolute Gasteiger partial charge is 0.191 e. The first-order chi connectivity index (χ1) is 10.2. The van der Waals surface area contributed by atoms with Crippen LogP contribution in [0.25, 0.3) is 0 Å². The van der Waals surface area contributed by atoms with Crippen molar-refractivity contribution in [1.29, 1.82) is 0 Å². The molecule has 1 heterocycles. The summed E-state index contributed by atoms with van der Waals surface area (Å²) in [5.41, 5.74) is -0.363. The molecule has 1 aliphatic rings. The van der Waals surface area contributed by atoms with Crippen molar-refractivity contribution in [2.45, 2.75) is 71.9 Å². The summed E-state index contributed by atoms with van der Waals surface area (Å²) in [6.07, 6.45) is 3.60. The Morgan fingerprint density at radius 1 is 1.30 bits per heavy atom. The van der Waals surface area contributed by atoms with Gasteiger partial charge < -0.3 is 20.5 Å². The van der Waals surface area contributed by atoms with Crippen LogP contribution in [0.15, 0.2) is 4.99 Å². The average molecular weight is 441 g/mol. The number of guanidine groups is 1. The van der Waals surface area contributed by atoms with Crippen LogP contribution in [0, 0.1) is 5.41 Å². The zero-order valence-electron chi connectivity index (χ0n) is 15.4. The van der Waals surface area contributed by atoms with E-state index in [1.54, 1.807) is 0 Å². The van der Waals surface area contributed by atoms with Crippen LogP contribution in [0.2, 0.25) is 0 Å². The van der Waals surface area contributed by atoms with Crippen LogP contribution in [0.5, 0.6) is 0 Å². The zero-order valence-corrected chi connectivity index (χ0v) is 17.8. The molecule has 1 saturated heterocycles. The Morgan fingerprint density at radius 3 is 2.43 bits per heavy atom. The maximum absolute atomic E-state index is 10.5. The van der Waals surface area contributed by atoms with E-state index in [4.69, 9.17) is 4.74 Å². The summed E-state index contributed by atoms with van der Waals surface area (Å²) in [6, 6.07) is 0.362. The second-order valence-electron chi connectivity index (χ2n) is 7.68. The fraction of sp³-hybridized carbons (Fsp3) is 0.941. The molecule has 1 rings (SSSR count). The second kappa shape index (κ2) is 10.7. The zero-order chi connectivity index (χ0) is 16.6. The Balaban J connectivity index is 0.00000484. The number of hydrogen-bond donors (Lipinski definition) is 3. The van der Waals surface area contributed by atoms with Crippen molar-refractivity contribution in [1.82, 2.24) is 10.6 Å². The monoisotopic (exact) mass is 441 g/mol. The van der Waals surface area contributed by atoms with Gasteiger partial charge in [-0.25, -0.2) is 0 Å². The summed E-state index contributed by atoms with van der Waals surface area (Å²) in [5, 5.41) is 17.2. The van der Waals surface area contributed by atoms with Crippen LogP contribution in [0.3, 0.4) is 0 Å². The fourth-order valence-corrected chi connectivity index (χ4v) is 2.41. The standard InChI is InChI=1S/C17H35N3O2.HI/c1-6-18-15(20-14(2)7-8-16(3,4)5)19-13-17(21)9-11-22-12-10-17;/h14,21H,6-13H2,1-5H3,(H2,18,19,20);1H. The van der Waals surface area contributed by atoms with Gasteiger partial charge in [0.2, 0.25) is 0 Å². The molecule has 0 saturated carbocycles. The van der Waals surface area contributed by atoms with Crippen LogP contribution >= 0.6 is 24.0 Å². The van der Waals surface area contributed by atoms with E-state index in [1.165, 1.54) is 6.42 Å². The number of nitrogens with one attached hydrogen (secondary N) is 2. The molecule has 0 radical (unpaired) electrons. The van der Waals surface area contributed by atoms with Gasteiger partial charge in [0.15, 0.2) is 5.96 Å². The maximum atomic E-state index is 10.5. The van der Waals surface area contributed by atoms with Crippen molar-refractivity contribution in [3.05, 3.63) is 0 Å². The summed E-state index contributed by atoms with van der Waals surface area (Å²) in [5.74, 6) is 0.795. The Kier molecular flexibility index (Phi) is 10.7. The lowest BCUT2D eigenvalue weighted by molar-refractivity contribution is -0.0566. The Bertz CT molecular complexity index is 350. The minimum absolute atomic E-state index is 0. The first-order valence-electron chi connectivity index (χ1n) is 8.59. The van der Waals surface area contributed by atoms with Crippen molar-refractivity contribution in [2.24, 2.45) is 10.4 Å². The van der Waals surface area contributed by atoms with Gasteiger partial charge in [0.25, 0.3) is 0 Å². The van der Waals surface area contributed by atoms with Gasteiger partial charge in [-0.3, -0.25) is 4.99 Å². The normalized spacial score (nSPS) is 19.7. The number of aliphatic hydroxyl groups is 1. The highest BCUT2D eigenvalue weighted by Crippen LogP contribution is 2.22. The molecule has 1 aliphatic heterocycles. The van der Waals surface area contributed by atoms with E-state index in [0.29, 0.717) is 44.1 Å². The molecule has 0 aromatic carbocycles. The van der Waals surface area contributed by atoms with E-state index >= 15 is 0 Å². The molecule has 0 bridgehead atoms. The number of aliphatic imine (C=N–C) groups is 1. The first kappa shape index (κ1) is 22.9. The predicted octanol–water partition coefficient (Wildman–Crippen LogP) is 2.92. The number of ether oxygens (including phenoxy) is 1. The number of rotatable bonds is 6. The van der Waals surface area contributed by atoms with E-state index in [-0.39, 0.29) is 24.0 Å². The molecule has 1 unspecified atom stereocenters. The highest BCUT2D eigenvalue weighted by Gasteiger charge is 2.29. The van der Waals surface area contributed by atoms with Crippen molar-refractivity contribution in [3.63, 3.8) is 0 Å². The van der Waals surface area contributed by atoms with Crippen molar-refractivity contribution >= 4 is 29.9 Å². The molecule has 0 spiro atoms. The third-order valence-electron chi connectivity index (χ3n) is 4.01. The molecule has 1 fully saturated rings. The molecule has 3 N–H and O–H groups in total. The highest BCUT2D eigenvalue weighted by atomic mass is 127. The number of halogens is 1. The minimum atomic E-state index is -0.713. The summed E-state index contributed by atoms with van der Waals surface area (Å²) in [4.78, 5) is 4.58. The Morgan fingerprint density at radius 2 is 1.91 bits per heavy atom. The lowest BCUT2D eigenvalue weighted by atomic mass is 9.89. The summed E-state index contributed by atoms with van der Waals surface area (Å²) in [6.45, 7) is 13.5. The molecule has 0 aromatic heterocycles. The van der Waals surface area contributed by atoms with E-state index < -0.39 is 5.60 Å². The average Bonchev–Trinajstić information content (AvgIpc) is 2.43. The van der Waals surface area contributed by atoms with Crippen LogP contribution in [-0.2, 0) is 4.74 Å². The van der Waals surface area contributed by atoms with Gasteiger partial charge in [-0.2, -0.15) is 0 Å². The van der Waals surface area contributed by atoms with E-state index in [1.807, 2.05) is 0 Å². The lowest BCUT2D eigenvalue weighted by Crippen LogP contribution is -2.45. The number of nitrogens with zero attached hydrogens (tertiary/aromatic N) is 1. The first-order valence-corrected chi connectivity index (χ1v) is 8.59. The van der Waals surface area contributed by atoms with Crippen LogP contribution in [0.4, 0.5) is 0 Å². The van der Waals surface area contributed by atoms with Crippen LogP contribution in [0.1, 0.15) is 60.3 Å². The van der Waals surface area contributed by atoms with Crippen molar-refractivity contribution in [2.75, 3.05) is 26.3 Å². The van der Waals surface area contributed by atoms with Gasteiger partial charge in [0.1, 0.15) is 0 Å². The van der Waals surface area contributed by atoms with E-state index in [0.717, 1.165) is 18.9 Å². The molecule has 6 heteroatoms. The van der Waals surface area contributed by atoms with Crippen LogP contribution in [-0.4, -0.2) is 49.0 Å². The summed E-state index contributed by atoms with van der Waals surface area (Å²) < 4.78 is 5.31. The predicted molar refractivity (Wildman–Crippen MR) is 108 cm³/mol. The SMILES string of the molecule is CCNC(=NCC1(O)CCOCC1)NC(C)CCC(C)(C)C.I. The third kappa shape index (κ3) is 10.4. The number of hydrogen-bond acceptors (Lipinski definition) is 3. The molecular weight excluding hydrogens is 405 g/mol. The fourth-order valence-electron chi connectivity index (χ4n) is 2.41. The minimum Gasteiger partial charge on any atom is -0.388 e. The summed E-state index contributed by atoms with van der Waals surface area (Å²) in [7, 11) is 0. The molecule has 138 valence electrons. The van der Waals surface area contributed by atoms with E-state index in [2.05, 4.69) is 50.2 Å². The molecule has 0 aliphatic carbocycles. The molecule has 0 amide bonds. The van der Waals surface area contributed by atoms with E-state index in [9.17, 15) is 5.11 Å². The molecular formula is C17H36IN3O2. The van der Waals surface area contributed by atoms with Crippen LogP contribution < -0.4 is 10.6 Å². The maximum Gasteiger partial charge on any atom is 0.191 e. The van der Waals surface area contributed by atoms with Gasteiger partial charge in [0.05, 0.1) is 12.1 Å². The largest absolute Gasteiger partial charge is 0.388 e. The topological polar surface area (TPSA) is 65.9 Å². The molecule has 0 aromatic rings. The van der Waals surface area contributed by atoms with Crippen molar-refractivity contribution < 1.29 is 9.84 Å². The van der Waals surface area contributed by atoms with Gasteiger partial charge >= 0.3 is 0 Å². The third-order valence-corrected chi connectivity index (χ3v) is 4.01. The highest BCUT2D eigenvalue weighted by molar-refractivity contribution is 14.0. The van der Waals surface area contributed by atoms with Gasteiger partial charge in [-0.1, -0.05) is 20.8 Å². The van der Waals surface area contributed by atoms with Gasteiger partial charge in [-0.15, -0.1) is 24.0 Å².